The zero-order valence-electron chi connectivity index (χ0n) is 10.7. The van der Waals surface area contributed by atoms with Gasteiger partial charge in [-0.1, -0.05) is 0 Å². The third-order valence-electron chi connectivity index (χ3n) is 3.60. The first-order valence-electron chi connectivity index (χ1n) is 6.00. The van der Waals surface area contributed by atoms with Crippen molar-refractivity contribution in [1.82, 2.24) is 10.2 Å². The van der Waals surface area contributed by atoms with E-state index in [1.54, 1.807) is 7.05 Å². The lowest BCUT2D eigenvalue weighted by atomic mass is 9.90. The van der Waals surface area contributed by atoms with Crippen molar-refractivity contribution < 1.29 is 26.7 Å². The molecule has 0 aromatic heterocycles. The van der Waals surface area contributed by atoms with Crippen molar-refractivity contribution in [2.45, 2.75) is 49.9 Å². The fraction of sp³-hybridized carbons (Fsp3) is 0.909. The maximum absolute atomic E-state index is 12.9. The summed E-state index contributed by atoms with van der Waals surface area (Å²) in [5, 5.41) is 3.02. The summed E-state index contributed by atoms with van der Waals surface area (Å²) in [6, 6.07) is -0.340. The smallest absolute Gasteiger partial charge is 0.337 e. The first kappa shape index (κ1) is 16.1. The summed E-state index contributed by atoms with van der Waals surface area (Å²) in [7, 11) is 2.77. The molecule has 0 aromatic carbocycles. The number of nitrogens with one attached hydrogen (secondary N) is 1. The highest BCUT2D eigenvalue weighted by Gasteiger charge is 2.64. The zero-order valence-corrected chi connectivity index (χ0v) is 10.7. The van der Waals surface area contributed by atoms with Crippen LogP contribution in [0, 0.1) is 0 Å². The normalized spacial score (nSPS) is 25.2. The van der Waals surface area contributed by atoms with Crippen molar-refractivity contribution >= 4 is 5.91 Å². The van der Waals surface area contributed by atoms with Gasteiger partial charge in [0.15, 0.2) is 0 Å². The fourth-order valence-electron chi connectivity index (χ4n) is 2.26. The number of hydrogen-bond donors (Lipinski definition) is 1. The van der Waals surface area contributed by atoms with Crippen LogP contribution in [0.5, 0.6) is 0 Å². The van der Waals surface area contributed by atoms with E-state index in [2.05, 4.69) is 5.32 Å². The minimum absolute atomic E-state index is 0.225. The van der Waals surface area contributed by atoms with Crippen LogP contribution in [0.2, 0.25) is 0 Å². The fourth-order valence-corrected chi connectivity index (χ4v) is 2.26. The maximum Gasteiger partial charge on any atom is 0.463 e. The molecule has 112 valence electrons. The van der Waals surface area contributed by atoms with Gasteiger partial charge >= 0.3 is 18.0 Å². The highest BCUT2D eigenvalue weighted by Crippen LogP contribution is 2.37. The predicted octanol–water partition coefficient (Wildman–Crippen LogP) is 2.17. The summed E-state index contributed by atoms with van der Waals surface area (Å²) in [5.74, 6) is -7.49. The largest absolute Gasteiger partial charge is 0.463 e. The molecule has 1 rings (SSSR count). The molecule has 0 saturated heterocycles. The molecular weight excluding hydrogens is 271 g/mol. The van der Waals surface area contributed by atoms with Crippen molar-refractivity contribution in [3.63, 3.8) is 0 Å². The van der Waals surface area contributed by atoms with Crippen LogP contribution in [0.3, 0.4) is 0 Å². The predicted molar refractivity (Wildman–Crippen MR) is 58.9 cm³/mol. The Morgan fingerprint density at radius 2 is 1.58 bits per heavy atom. The summed E-state index contributed by atoms with van der Waals surface area (Å²) in [6.07, 6.45) is -3.71. The molecule has 3 nitrogen and oxygen atoms in total. The van der Waals surface area contributed by atoms with Gasteiger partial charge in [0.25, 0.3) is 0 Å². The summed E-state index contributed by atoms with van der Waals surface area (Å²) in [6.45, 7) is 0. The number of carbonyl (C=O) groups excluding carboxylic acids is 1. The van der Waals surface area contributed by atoms with E-state index in [4.69, 9.17) is 0 Å². The van der Waals surface area contributed by atoms with Crippen LogP contribution in [0.25, 0.3) is 0 Å². The van der Waals surface area contributed by atoms with E-state index in [1.807, 2.05) is 0 Å². The molecule has 1 fully saturated rings. The Bertz CT molecular complexity index is 324. The van der Waals surface area contributed by atoms with Crippen LogP contribution in [-0.2, 0) is 4.79 Å². The molecule has 0 atom stereocenters. The number of rotatable bonds is 3. The van der Waals surface area contributed by atoms with E-state index >= 15 is 0 Å². The lowest BCUT2D eigenvalue weighted by Gasteiger charge is -2.36. The van der Waals surface area contributed by atoms with Gasteiger partial charge in [-0.25, -0.2) is 0 Å². The van der Waals surface area contributed by atoms with E-state index in [-0.39, 0.29) is 6.04 Å². The summed E-state index contributed by atoms with van der Waals surface area (Å²) < 4.78 is 62.2. The molecule has 8 heteroatoms. The molecular formula is C11H17F5N2O. The van der Waals surface area contributed by atoms with Gasteiger partial charge in [-0.15, -0.1) is 0 Å². The highest BCUT2D eigenvalue weighted by atomic mass is 19.4. The first-order valence-corrected chi connectivity index (χ1v) is 6.00. The van der Waals surface area contributed by atoms with Gasteiger partial charge in [-0.2, -0.15) is 22.0 Å². The number of amides is 1. The average Bonchev–Trinajstić information content (AvgIpc) is 2.35. The maximum atomic E-state index is 12.9. The summed E-state index contributed by atoms with van der Waals surface area (Å²) in [5.41, 5.74) is 0. The third kappa shape index (κ3) is 3.34. The molecule has 0 unspecified atom stereocenters. The monoisotopic (exact) mass is 288 g/mol. The average molecular weight is 288 g/mol. The van der Waals surface area contributed by atoms with Crippen LogP contribution in [0.1, 0.15) is 25.7 Å². The molecule has 1 saturated carbocycles. The minimum atomic E-state index is -5.85. The molecule has 0 heterocycles. The summed E-state index contributed by atoms with van der Waals surface area (Å²) >= 11 is 0. The molecule has 0 radical (unpaired) electrons. The van der Waals surface area contributed by atoms with Crippen molar-refractivity contribution in [1.29, 1.82) is 0 Å². The van der Waals surface area contributed by atoms with Gasteiger partial charge < -0.3 is 10.2 Å². The zero-order chi connectivity index (χ0) is 14.8. The molecule has 1 amide bonds. The Morgan fingerprint density at radius 1 is 1.11 bits per heavy atom. The summed E-state index contributed by atoms with van der Waals surface area (Å²) in [4.78, 5) is 11.8. The topological polar surface area (TPSA) is 32.3 Å². The van der Waals surface area contributed by atoms with Crippen LogP contribution in [-0.4, -0.2) is 49.1 Å². The molecule has 0 aromatic rings. The lowest BCUT2D eigenvalue weighted by Crippen LogP contribution is -2.54. The second kappa shape index (κ2) is 5.60. The number of halogens is 5. The van der Waals surface area contributed by atoms with Crippen LogP contribution in [0.15, 0.2) is 0 Å². The Kier molecular flexibility index (Phi) is 4.76. The van der Waals surface area contributed by atoms with Crippen molar-refractivity contribution in [3.8, 4) is 0 Å². The molecule has 1 N–H and O–H groups in total. The van der Waals surface area contributed by atoms with Gasteiger partial charge in [0.1, 0.15) is 0 Å². The van der Waals surface area contributed by atoms with Crippen molar-refractivity contribution in [2.24, 2.45) is 0 Å². The molecule has 0 spiro atoms. The molecule has 19 heavy (non-hydrogen) atoms. The number of carbonyl (C=O) groups is 1. The standard InChI is InChI=1S/C11H17F5N2O/c1-17-7-3-5-8(6-4-7)18(2)9(19)10(12,13)11(14,15)16/h7-8,17H,3-6H2,1-2H3. The Balaban J connectivity index is 2.68. The molecule has 1 aliphatic carbocycles. The van der Waals surface area contributed by atoms with Crippen LogP contribution in [0.4, 0.5) is 22.0 Å². The number of alkyl halides is 5. The molecule has 0 bridgehead atoms. The minimum Gasteiger partial charge on any atom is -0.337 e. The van der Waals surface area contributed by atoms with Gasteiger partial charge in [0.05, 0.1) is 0 Å². The van der Waals surface area contributed by atoms with Crippen LogP contribution >= 0.6 is 0 Å². The number of hydrogen-bond acceptors (Lipinski definition) is 2. The Labute approximate surface area is 108 Å². The Morgan fingerprint density at radius 3 is 1.95 bits per heavy atom. The van der Waals surface area contributed by atoms with Gasteiger partial charge in [-0.3, -0.25) is 4.79 Å². The lowest BCUT2D eigenvalue weighted by molar-refractivity contribution is -0.274. The SMILES string of the molecule is CNC1CCC(N(C)C(=O)C(F)(F)C(F)(F)F)CC1. The third-order valence-corrected chi connectivity index (χ3v) is 3.60. The molecule has 0 aliphatic heterocycles. The van der Waals surface area contributed by atoms with Crippen LogP contribution < -0.4 is 5.32 Å². The van der Waals surface area contributed by atoms with Crippen molar-refractivity contribution in [2.75, 3.05) is 14.1 Å². The quantitative estimate of drug-likeness (QED) is 0.807. The second-order valence-electron chi connectivity index (χ2n) is 4.78. The van der Waals surface area contributed by atoms with E-state index in [9.17, 15) is 26.7 Å². The van der Waals surface area contributed by atoms with Gasteiger partial charge in [-0.05, 0) is 32.7 Å². The van der Waals surface area contributed by atoms with E-state index in [0.29, 0.717) is 30.6 Å². The van der Waals surface area contributed by atoms with E-state index in [0.717, 1.165) is 7.05 Å². The van der Waals surface area contributed by atoms with Crippen molar-refractivity contribution in [3.05, 3.63) is 0 Å². The van der Waals surface area contributed by atoms with Gasteiger partial charge in [0.2, 0.25) is 0 Å². The van der Waals surface area contributed by atoms with Gasteiger partial charge in [0, 0.05) is 19.1 Å². The number of nitrogens with zero attached hydrogens (tertiary/aromatic N) is 1. The van der Waals surface area contributed by atoms with E-state index < -0.39 is 24.0 Å². The second-order valence-corrected chi connectivity index (χ2v) is 4.78. The molecule has 1 aliphatic rings. The highest BCUT2D eigenvalue weighted by molar-refractivity contribution is 5.84. The first-order chi connectivity index (χ1) is 8.61. The van der Waals surface area contributed by atoms with E-state index in [1.165, 1.54) is 0 Å². The Hall–Kier alpha value is -0.920.